The number of nitrogens with zero attached hydrogens (tertiary/aromatic N) is 1. The molecule has 3 nitrogen and oxygen atoms in total. The maximum Gasteiger partial charge on any atom is 0.107 e. The van der Waals surface area contributed by atoms with Crippen LogP contribution in [0.4, 0.5) is 0 Å². The van der Waals surface area contributed by atoms with Gasteiger partial charge in [-0.2, -0.15) is 0 Å². The number of hydrogen-bond acceptors (Lipinski definition) is 4. The molecule has 1 N–H and O–H groups in total. The Morgan fingerprint density at radius 1 is 1.24 bits per heavy atom. The van der Waals surface area contributed by atoms with Crippen molar-refractivity contribution in [3.05, 3.63) is 52.0 Å². The van der Waals surface area contributed by atoms with Crippen LogP contribution in [0.1, 0.15) is 36.0 Å². The second kappa shape index (κ2) is 9.66. The largest absolute Gasteiger partial charge is 0.375 e. The summed E-state index contributed by atoms with van der Waals surface area (Å²) < 4.78 is 5.70. The molecular formula is C17H24N2OS. The molecule has 114 valence electrons. The molecule has 1 heterocycles. The van der Waals surface area contributed by atoms with Gasteiger partial charge in [0.25, 0.3) is 0 Å². The Bertz CT molecular complexity index is 499. The fourth-order valence-electron chi connectivity index (χ4n) is 2.07. The van der Waals surface area contributed by atoms with Gasteiger partial charge in [-0.25, -0.2) is 4.98 Å². The predicted molar refractivity (Wildman–Crippen MR) is 88.5 cm³/mol. The zero-order valence-electron chi connectivity index (χ0n) is 12.7. The SMILES string of the molecule is CCCNCc1nc(COCCCc2ccccc2)cs1. The van der Waals surface area contributed by atoms with Gasteiger partial charge < -0.3 is 10.1 Å². The summed E-state index contributed by atoms with van der Waals surface area (Å²) in [6, 6.07) is 10.5. The summed E-state index contributed by atoms with van der Waals surface area (Å²) in [5.74, 6) is 0. The first kappa shape index (κ1) is 16.1. The molecule has 4 heteroatoms. The van der Waals surface area contributed by atoms with E-state index in [-0.39, 0.29) is 0 Å². The van der Waals surface area contributed by atoms with E-state index in [9.17, 15) is 0 Å². The van der Waals surface area contributed by atoms with Gasteiger partial charge in [0.2, 0.25) is 0 Å². The molecule has 0 aliphatic rings. The highest BCUT2D eigenvalue weighted by Crippen LogP contribution is 2.11. The molecule has 0 radical (unpaired) electrons. The molecule has 0 unspecified atom stereocenters. The van der Waals surface area contributed by atoms with E-state index in [1.807, 2.05) is 0 Å². The van der Waals surface area contributed by atoms with Crippen molar-refractivity contribution in [2.75, 3.05) is 13.2 Å². The Morgan fingerprint density at radius 3 is 2.90 bits per heavy atom. The van der Waals surface area contributed by atoms with Crippen LogP contribution in [0.25, 0.3) is 0 Å². The molecule has 0 fully saturated rings. The highest BCUT2D eigenvalue weighted by atomic mass is 32.1. The fraction of sp³-hybridized carbons (Fsp3) is 0.471. The van der Waals surface area contributed by atoms with Crippen LogP contribution < -0.4 is 5.32 Å². The summed E-state index contributed by atoms with van der Waals surface area (Å²) in [5.41, 5.74) is 2.42. The molecule has 2 aromatic rings. The van der Waals surface area contributed by atoms with Crippen molar-refractivity contribution in [3.8, 4) is 0 Å². The molecule has 0 saturated carbocycles. The quantitative estimate of drug-likeness (QED) is 0.678. The van der Waals surface area contributed by atoms with Gasteiger partial charge in [-0.05, 0) is 31.4 Å². The molecule has 0 saturated heterocycles. The van der Waals surface area contributed by atoms with Crippen LogP contribution in [-0.4, -0.2) is 18.1 Å². The lowest BCUT2D eigenvalue weighted by atomic mass is 10.1. The van der Waals surface area contributed by atoms with Gasteiger partial charge in [-0.15, -0.1) is 11.3 Å². The minimum Gasteiger partial charge on any atom is -0.375 e. The van der Waals surface area contributed by atoms with Crippen LogP contribution in [0.15, 0.2) is 35.7 Å². The van der Waals surface area contributed by atoms with Crippen LogP contribution >= 0.6 is 11.3 Å². The number of aryl methyl sites for hydroxylation is 1. The summed E-state index contributed by atoms with van der Waals surface area (Å²) in [7, 11) is 0. The van der Waals surface area contributed by atoms with Crippen LogP contribution in [0, 0.1) is 0 Å². The third-order valence-corrected chi connectivity index (χ3v) is 4.05. The minimum absolute atomic E-state index is 0.624. The monoisotopic (exact) mass is 304 g/mol. The lowest BCUT2D eigenvalue weighted by Gasteiger charge is -2.03. The molecule has 0 spiro atoms. The van der Waals surface area contributed by atoms with Gasteiger partial charge in [0, 0.05) is 18.5 Å². The Morgan fingerprint density at radius 2 is 2.10 bits per heavy atom. The van der Waals surface area contributed by atoms with Gasteiger partial charge >= 0.3 is 0 Å². The van der Waals surface area contributed by atoms with E-state index >= 15 is 0 Å². The van der Waals surface area contributed by atoms with Crippen molar-refractivity contribution in [1.29, 1.82) is 0 Å². The molecule has 0 aliphatic heterocycles. The lowest BCUT2D eigenvalue weighted by Crippen LogP contribution is -2.13. The first-order valence-corrected chi connectivity index (χ1v) is 8.52. The van der Waals surface area contributed by atoms with E-state index < -0.39 is 0 Å². The smallest absolute Gasteiger partial charge is 0.107 e. The molecule has 2 rings (SSSR count). The second-order valence-corrected chi connectivity index (χ2v) is 5.99. The maximum absolute atomic E-state index is 5.70. The normalized spacial score (nSPS) is 10.9. The van der Waals surface area contributed by atoms with Crippen molar-refractivity contribution >= 4 is 11.3 Å². The van der Waals surface area contributed by atoms with Crippen LogP contribution in [0.5, 0.6) is 0 Å². The molecule has 0 atom stereocenters. The van der Waals surface area contributed by atoms with Crippen molar-refractivity contribution in [2.45, 2.75) is 39.3 Å². The van der Waals surface area contributed by atoms with E-state index in [4.69, 9.17) is 4.74 Å². The third-order valence-electron chi connectivity index (χ3n) is 3.15. The summed E-state index contributed by atoms with van der Waals surface area (Å²) in [6.45, 7) is 5.50. The highest BCUT2D eigenvalue weighted by Gasteiger charge is 2.02. The van der Waals surface area contributed by atoms with Crippen molar-refractivity contribution < 1.29 is 4.74 Å². The van der Waals surface area contributed by atoms with Crippen LogP contribution in [0.3, 0.4) is 0 Å². The van der Waals surface area contributed by atoms with Gasteiger partial charge in [0.05, 0.1) is 12.3 Å². The first-order chi connectivity index (χ1) is 10.4. The van der Waals surface area contributed by atoms with Crippen LogP contribution in [-0.2, 0) is 24.3 Å². The molecule has 1 aromatic heterocycles. The molecule has 1 aromatic carbocycles. The topological polar surface area (TPSA) is 34.2 Å². The molecule has 0 aliphatic carbocycles. The zero-order chi connectivity index (χ0) is 14.8. The maximum atomic E-state index is 5.70. The molecule has 0 bridgehead atoms. The fourth-order valence-corrected chi connectivity index (χ4v) is 2.82. The number of nitrogens with one attached hydrogen (secondary N) is 1. The van der Waals surface area contributed by atoms with Gasteiger partial charge in [0.1, 0.15) is 5.01 Å². The summed E-state index contributed by atoms with van der Waals surface area (Å²) in [6.07, 6.45) is 3.28. The number of hydrogen-bond donors (Lipinski definition) is 1. The average molecular weight is 304 g/mol. The number of aromatic nitrogens is 1. The van der Waals surface area contributed by atoms with Gasteiger partial charge in [-0.3, -0.25) is 0 Å². The number of ether oxygens (including phenoxy) is 1. The summed E-state index contributed by atoms with van der Waals surface area (Å²) in [5, 5.41) is 6.61. The number of rotatable bonds is 10. The molecule has 21 heavy (non-hydrogen) atoms. The molecular weight excluding hydrogens is 280 g/mol. The van der Waals surface area contributed by atoms with E-state index in [0.29, 0.717) is 6.61 Å². The summed E-state index contributed by atoms with van der Waals surface area (Å²) in [4.78, 5) is 4.57. The van der Waals surface area contributed by atoms with E-state index in [1.54, 1.807) is 11.3 Å². The number of thiazole rings is 1. The Labute approximate surface area is 131 Å². The van der Waals surface area contributed by atoms with E-state index in [2.05, 4.69) is 52.9 Å². The Balaban J connectivity index is 1.58. The van der Waals surface area contributed by atoms with E-state index in [1.165, 1.54) is 5.56 Å². The Hall–Kier alpha value is -1.23. The second-order valence-electron chi connectivity index (χ2n) is 5.05. The Kier molecular flexibility index (Phi) is 7.43. The van der Waals surface area contributed by atoms with Crippen LogP contribution in [0.2, 0.25) is 0 Å². The molecule has 0 amide bonds. The van der Waals surface area contributed by atoms with Gasteiger partial charge in [-0.1, -0.05) is 37.3 Å². The van der Waals surface area contributed by atoms with E-state index in [0.717, 1.165) is 49.7 Å². The summed E-state index contributed by atoms with van der Waals surface area (Å²) >= 11 is 1.71. The first-order valence-electron chi connectivity index (χ1n) is 7.64. The standard InChI is InChI=1S/C17H24N2OS/c1-2-10-18-12-17-19-16(14-21-17)13-20-11-6-9-15-7-4-3-5-8-15/h3-5,7-8,14,18H,2,6,9-13H2,1H3. The average Bonchev–Trinajstić information content (AvgIpc) is 2.96. The third kappa shape index (κ3) is 6.38. The van der Waals surface area contributed by atoms with Crippen molar-refractivity contribution in [2.24, 2.45) is 0 Å². The van der Waals surface area contributed by atoms with Crippen molar-refractivity contribution in [3.63, 3.8) is 0 Å². The van der Waals surface area contributed by atoms with Crippen molar-refractivity contribution in [1.82, 2.24) is 10.3 Å². The minimum atomic E-state index is 0.624. The lowest BCUT2D eigenvalue weighted by molar-refractivity contribution is 0.116. The predicted octanol–water partition coefficient (Wildman–Crippen LogP) is 3.79. The number of benzene rings is 1. The van der Waals surface area contributed by atoms with Gasteiger partial charge in [0.15, 0.2) is 0 Å². The zero-order valence-corrected chi connectivity index (χ0v) is 13.5. The highest BCUT2D eigenvalue weighted by molar-refractivity contribution is 7.09.